The van der Waals surface area contributed by atoms with Gasteiger partial charge in [0.15, 0.2) is 0 Å². The number of nitrogens with one attached hydrogen (secondary N) is 1. The van der Waals surface area contributed by atoms with Crippen molar-refractivity contribution in [2.24, 2.45) is 11.8 Å². The molecule has 4 rings (SSSR count). The third-order valence-electron chi connectivity index (χ3n) is 8.10. The van der Waals surface area contributed by atoms with Crippen LogP contribution in [-0.4, -0.2) is 36.7 Å². The summed E-state index contributed by atoms with van der Waals surface area (Å²) >= 11 is 6.40. The molecule has 2 aromatic carbocycles. The largest absolute Gasteiger partial charge is 0.491 e. The van der Waals surface area contributed by atoms with Gasteiger partial charge < -0.3 is 14.4 Å². The lowest BCUT2D eigenvalue weighted by molar-refractivity contribution is 0.0984. The SMILES string of the molecule is C=S(NC(=O)c1ccc2c(c1)N(CC1CCC1)CC(c1ccc(Cl)cc1CCCC)CO2)C(C)C(C)C. The van der Waals surface area contributed by atoms with E-state index in [0.717, 1.165) is 48.8 Å². The van der Waals surface area contributed by atoms with Crippen LogP contribution in [0.2, 0.25) is 5.02 Å². The molecule has 0 bridgehead atoms. The van der Waals surface area contributed by atoms with Crippen LogP contribution in [0.3, 0.4) is 0 Å². The van der Waals surface area contributed by atoms with E-state index in [9.17, 15) is 4.79 Å². The molecule has 1 saturated carbocycles. The molecule has 6 heteroatoms. The monoisotopic (exact) mass is 542 g/mol. The molecular weight excluding hydrogens is 500 g/mol. The van der Waals surface area contributed by atoms with E-state index in [4.69, 9.17) is 16.3 Å². The van der Waals surface area contributed by atoms with Gasteiger partial charge >= 0.3 is 0 Å². The predicted molar refractivity (Wildman–Crippen MR) is 161 cm³/mol. The number of aryl methyl sites for hydroxylation is 1. The van der Waals surface area contributed by atoms with Crippen LogP contribution in [0, 0.1) is 11.8 Å². The number of anilines is 1. The molecule has 0 spiro atoms. The summed E-state index contributed by atoms with van der Waals surface area (Å²) < 4.78 is 9.59. The summed E-state index contributed by atoms with van der Waals surface area (Å²) in [7, 11) is -0.434. The number of benzene rings is 2. The maximum Gasteiger partial charge on any atom is 0.260 e. The second-order valence-electron chi connectivity index (χ2n) is 11.1. The third kappa shape index (κ3) is 6.92. The topological polar surface area (TPSA) is 41.6 Å². The van der Waals surface area contributed by atoms with E-state index in [1.54, 1.807) is 0 Å². The van der Waals surface area contributed by atoms with Gasteiger partial charge in [-0.25, -0.2) is 0 Å². The fraction of sp³-hybridized carbons (Fsp3) is 0.548. The maximum atomic E-state index is 13.2. The lowest BCUT2D eigenvalue weighted by atomic mass is 9.84. The van der Waals surface area contributed by atoms with Gasteiger partial charge in [0, 0.05) is 34.8 Å². The van der Waals surface area contributed by atoms with Gasteiger partial charge in [0.25, 0.3) is 5.91 Å². The number of amides is 1. The van der Waals surface area contributed by atoms with Crippen molar-refractivity contribution in [1.82, 2.24) is 4.72 Å². The van der Waals surface area contributed by atoms with Crippen LogP contribution in [0.15, 0.2) is 36.4 Å². The van der Waals surface area contributed by atoms with Gasteiger partial charge in [-0.05, 0) is 79.0 Å². The summed E-state index contributed by atoms with van der Waals surface area (Å²) in [5.74, 6) is 6.45. The first-order valence-electron chi connectivity index (χ1n) is 13.9. The predicted octanol–water partition coefficient (Wildman–Crippen LogP) is 7.86. The van der Waals surface area contributed by atoms with Crippen LogP contribution in [0.4, 0.5) is 5.69 Å². The minimum absolute atomic E-state index is 0.0578. The van der Waals surface area contributed by atoms with E-state index in [1.807, 2.05) is 24.3 Å². The van der Waals surface area contributed by atoms with Crippen LogP contribution in [0.25, 0.3) is 0 Å². The normalized spacial score (nSPS) is 19.4. The van der Waals surface area contributed by atoms with Crippen LogP contribution < -0.4 is 14.4 Å². The van der Waals surface area contributed by atoms with Gasteiger partial charge in [-0.1, -0.05) is 74.7 Å². The fourth-order valence-corrected chi connectivity index (χ4v) is 6.53. The second-order valence-corrected chi connectivity index (χ2v) is 13.4. The van der Waals surface area contributed by atoms with Gasteiger partial charge in [-0.3, -0.25) is 4.79 Å². The second kappa shape index (κ2) is 12.7. The standard InChI is InChI=1S/C31H43ClN2O2S/c1-6-7-11-24-16-27(32)13-14-28(24)26-19-34(18-23-9-8-10-23)29-17-25(12-15-30(29)36-20-26)31(35)33-37(5)22(4)21(2)3/h12-17,21-23,26H,5-11,18-20H2,1-4H3,(H,33,35). The van der Waals surface area contributed by atoms with Crippen LogP contribution in [0.5, 0.6) is 5.75 Å². The number of halogens is 1. The summed E-state index contributed by atoms with van der Waals surface area (Å²) in [6.45, 7) is 11.2. The van der Waals surface area contributed by atoms with Crippen molar-refractivity contribution in [3.8, 4) is 5.75 Å². The average molecular weight is 543 g/mol. The molecule has 1 aliphatic heterocycles. The Balaban J connectivity index is 1.61. The molecule has 37 heavy (non-hydrogen) atoms. The highest BCUT2D eigenvalue weighted by molar-refractivity contribution is 8.13. The summed E-state index contributed by atoms with van der Waals surface area (Å²) in [5.41, 5.74) is 4.38. The maximum absolute atomic E-state index is 13.2. The smallest absolute Gasteiger partial charge is 0.260 e. The fourth-order valence-electron chi connectivity index (χ4n) is 5.14. The summed E-state index contributed by atoms with van der Waals surface area (Å²) in [4.78, 5) is 15.7. The first-order chi connectivity index (χ1) is 17.8. The van der Waals surface area contributed by atoms with Crippen molar-refractivity contribution in [3.05, 3.63) is 58.1 Å². The minimum Gasteiger partial charge on any atom is -0.491 e. The molecule has 0 saturated heterocycles. The Labute approximate surface area is 231 Å². The first-order valence-corrected chi connectivity index (χ1v) is 15.7. The van der Waals surface area contributed by atoms with E-state index < -0.39 is 10.7 Å². The number of fused-ring (bicyclic) bond motifs is 1. The summed E-state index contributed by atoms with van der Waals surface area (Å²) in [6.07, 6.45) is 7.20. The zero-order chi connectivity index (χ0) is 26.5. The van der Waals surface area contributed by atoms with Crippen molar-refractivity contribution in [1.29, 1.82) is 0 Å². The Bertz CT molecular complexity index is 1110. The van der Waals surface area contributed by atoms with E-state index >= 15 is 0 Å². The first kappa shape index (κ1) is 28.0. The lowest BCUT2D eigenvalue weighted by Gasteiger charge is -2.35. The minimum atomic E-state index is -0.434. The average Bonchev–Trinajstić information content (AvgIpc) is 3.03. The summed E-state index contributed by atoms with van der Waals surface area (Å²) in [5, 5.41) is 1.12. The summed E-state index contributed by atoms with van der Waals surface area (Å²) in [6, 6.07) is 12.2. The molecule has 0 radical (unpaired) electrons. The number of unbranched alkanes of at least 4 members (excludes halogenated alkanes) is 1. The van der Waals surface area contributed by atoms with Crippen molar-refractivity contribution in [2.75, 3.05) is 24.6 Å². The van der Waals surface area contributed by atoms with Crippen molar-refractivity contribution < 1.29 is 9.53 Å². The van der Waals surface area contributed by atoms with Gasteiger partial charge in [-0.15, -0.1) is 0 Å². The highest BCUT2D eigenvalue weighted by atomic mass is 35.5. The van der Waals surface area contributed by atoms with Crippen molar-refractivity contribution in [2.45, 2.75) is 77.4 Å². The number of rotatable bonds is 10. The number of nitrogens with zero attached hydrogens (tertiary/aromatic N) is 1. The molecule has 0 aromatic heterocycles. The Kier molecular flexibility index (Phi) is 9.63. The zero-order valence-corrected chi connectivity index (χ0v) is 24.5. The lowest BCUT2D eigenvalue weighted by Crippen LogP contribution is -2.36. The molecular formula is C31H43ClN2O2S. The van der Waals surface area contributed by atoms with Crippen LogP contribution in [0.1, 0.15) is 87.2 Å². The van der Waals surface area contributed by atoms with Crippen LogP contribution in [-0.2, 0) is 6.42 Å². The number of hydrogen-bond acceptors (Lipinski definition) is 3. The Morgan fingerprint density at radius 1 is 1.22 bits per heavy atom. The third-order valence-corrected chi connectivity index (χ3v) is 10.2. The molecule has 202 valence electrons. The van der Waals surface area contributed by atoms with Gasteiger partial charge in [0.1, 0.15) is 5.75 Å². The number of hydrogen-bond donors (Lipinski definition) is 1. The quantitative estimate of drug-likeness (QED) is 0.311. The molecule has 1 amide bonds. The highest BCUT2D eigenvalue weighted by Gasteiger charge is 2.30. The van der Waals surface area contributed by atoms with E-state index in [1.165, 1.54) is 30.4 Å². The van der Waals surface area contributed by atoms with Gasteiger partial charge in [-0.2, -0.15) is 0 Å². The molecule has 2 aromatic rings. The Morgan fingerprint density at radius 3 is 2.68 bits per heavy atom. The van der Waals surface area contributed by atoms with Gasteiger partial charge in [0.05, 0.1) is 12.3 Å². The molecule has 4 nitrogen and oxygen atoms in total. The van der Waals surface area contributed by atoms with Crippen LogP contribution >= 0.6 is 22.3 Å². The number of ether oxygens (including phenoxy) is 1. The van der Waals surface area contributed by atoms with E-state index in [-0.39, 0.29) is 11.8 Å². The molecule has 1 aliphatic carbocycles. The Hall–Kier alpha value is -1.98. The van der Waals surface area contributed by atoms with E-state index in [0.29, 0.717) is 29.3 Å². The molecule has 1 heterocycles. The van der Waals surface area contributed by atoms with Crippen molar-refractivity contribution >= 4 is 39.7 Å². The zero-order valence-electron chi connectivity index (χ0n) is 22.9. The molecule has 3 atom stereocenters. The van der Waals surface area contributed by atoms with E-state index in [2.05, 4.69) is 55.3 Å². The molecule has 1 fully saturated rings. The molecule has 2 aliphatic rings. The van der Waals surface area contributed by atoms with Crippen molar-refractivity contribution in [3.63, 3.8) is 0 Å². The number of carbonyl (C=O) groups excluding carboxylic acids is 1. The Morgan fingerprint density at radius 2 is 2.00 bits per heavy atom. The van der Waals surface area contributed by atoms with Gasteiger partial charge in [0.2, 0.25) is 0 Å². The number of carbonyl (C=O) groups is 1. The molecule has 3 unspecified atom stereocenters. The highest BCUT2D eigenvalue weighted by Crippen LogP contribution is 2.39. The molecule has 1 N–H and O–H groups in total.